The number of methoxy groups -OCH3 is 1. The summed E-state index contributed by atoms with van der Waals surface area (Å²) < 4.78 is 11.0. The second-order valence-electron chi connectivity index (χ2n) is 7.97. The van der Waals surface area contributed by atoms with Gasteiger partial charge in [-0.3, -0.25) is 5.32 Å². The van der Waals surface area contributed by atoms with Gasteiger partial charge in [0.05, 0.1) is 18.2 Å². The molecule has 8 heteroatoms. The number of urea groups is 1. The number of imidazole rings is 1. The van der Waals surface area contributed by atoms with Gasteiger partial charge in [0, 0.05) is 26.3 Å². The van der Waals surface area contributed by atoms with Crippen LogP contribution in [0, 0.1) is 0 Å². The second kappa shape index (κ2) is 7.60. The van der Waals surface area contributed by atoms with E-state index < -0.39 is 5.60 Å². The number of anilines is 1. The number of piperidine rings is 1. The SMILES string of the molecule is COc1ccc(C2CCOCC2)c2nc(NC(=O)N3CCC(C)(O)CC3)[nH]c12. The van der Waals surface area contributed by atoms with E-state index in [1.54, 1.807) is 12.0 Å². The van der Waals surface area contributed by atoms with Crippen LogP contribution in [0.5, 0.6) is 5.75 Å². The van der Waals surface area contributed by atoms with Gasteiger partial charge in [-0.25, -0.2) is 9.78 Å². The third kappa shape index (κ3) is 3.79. The lowest BCUT2D eigenvalue weighted by molar-refractivity contribution is 0.00569. The fourth-order valence-corrected chi connectivity index (χ4v) is 4.03. The fraction of sp³-hybridized carbons (Fsp3) is 0.600. The van der Waals surface area contributed by atoms with Crippen LogP contribution in [-0.4, -0.2) is 65.0 Å². The summed E-state index contributed by atoms with van der Waals surface area (Å²) in [5.74, 6) is 1.50. The zero-order valence-electron chi connectivity index (χ0n) is 16.5. The molecule has 2 saturated heterocycles. The third-order valence-electron chi connectivity index (χ3n) is 5.87. The van der Waals surface area contributed by atoms with Crippen molar-refractivity contribution in [2.45, 2.75) is 44.1 Å². The second-order valence-corrected chi connectivity index (χ2v) is 7.97. The molecule has 3 N–H and O–H groups in total. The summed E-state index contributed by atoms with van der Waals surface area (Å²) in [4.78, 5) is 22.2. The van der Waals surface area contributed by atoms with Crippen molar-refractivity contribution in [1.29, 1.82) is 0 Å². The number of hydrogen-bond acceptors (Lipinski definition) is 5. The predicted molar refractivity (Wildman–Crippen MR) is 106 cm³/mol. The maximum atomic E-state index is 12.6. The molecule has 2 aliphatic heterocycles. The van der Waals surface area contributed by atoms with Gasteiger partial charge in [0.2, 0.25) is 5.95 Å². The Morgan fingerprint density at radius 1 is 1.36 bits per heavy atom. The van der Waals surface area contributed by atoms with Crippen molar-refractivity contribution < 1.29 is 19.4 Å². The Hall–Kier alpha value is -2.32. The molecule has 0 saturated carbocycles. The molecule has 0 bridgehead atoms. The van der Waals surface area contributed by atoms with Crippen LogP contribution >= 0.6 is 0 Å². The number of nitrogens with zero attached hydrogens (tertiary/aromatic N) is 2. The van der Waals surface area contributed by atoms with E-state index in [0.29, 0.717) is 43.5 Å². The number of H-pyrrole nitrogens is 1. The molecule has 1 aromatic heterocycles. The fourth-order valence-electron chi connectivity index (χ4n) is 4.03. The summed E-state index contributed by atoms with van der Waals surface area (Å²) in [6.07, 6.45) is 3.07. The van der Waals surface area contributed by atoms with Crippen LogP contribution in [0.3, 0.4) is 0 Å². The topological polar surface area (TPSA) is 99.7 Å². The van der Waals surface area contributed by atoms with Gasteiger partial charge in [0.25, 0.3) is 0 Å². The molecule has 3 heterocycles. The number of rotatable bonds is 3. The van der Waals surface area contributed by atoms with Crippen molar-refractivity contribution >= 4 is 23.0 Å². The Morgan fingerprint density at radius 2 is 2.07 bits per heavy atom. The molecule has 0 unspecified atom stereocenters. The number of amides is 2. The number of fused-ring (bicyclic) bond motifs is 1. The van der Waals surface area contributed by atoms with Crippen LogP contribution in [-0.2, 0) is 4.74 Å². The first-order chi connectivity index (χ1) is 13.5. The number of benzene rings is 1. The first-order valence-electron chi connectivity index (χ1n) is 9.89. The average Bonchev–Trinajstić information content (AvgIpc) is 3.11. The molecule has 2 aliphatic rings. The first-order valence-corrected chi connectivity index (χ1v) is 9.89. The van der Waals surface area contributed by atoms with Crippen LogP contribution in [0.25, 0.3) is 11.0 Å². The normalized spacial score (nSPS) is 20.3. The number of carbonyl (C=O) groups excluding carboxylic acids is 1. The molecule has 2 aromatic rings. The number of ether oxygens (including phenoxy) is 2. The van der Waals surface area contributed by atoms with E-state index in [1.165, 1.54) is 0 Å². The Labute approximate surface area is 164 Å². The number of aliphatic hydroxyl groups is 1. The monoisotopic (exact) mass is 388 g/mol. The molecule has 4 rings (SSSR count). The highest BCUT2D eigenvalue weighted by Gasteiger charge is 2.30. The van der Waals surface area contributed by atoms with Crippen LogP contribution in [0.2, 0.25) is 0 Å². The first kappa shape index (κ1) is 19.0. The number of aromatic amines is 1. The van der Waals surface area contributed by atoms with Crippen molar-refractivity contribution in [3.63, 3.8) is 0 Å². The van der Waals surface area contributed by atoms with Crippen molar-refractivity contribution in [3.8, 4) is 5.75 Å². The highest BCUT2D eigenvalue weighted by atomic mass is 16.5. The number of hydrogen-bond donors (Lipinski definition) is 3. The van der Waals surface area contributed by atoms with Gasteiger partial charge in [-0.15, -0.1) is 0 Å². The van der Waals surface area contributed by atoms with Gasteiger partial charge in [0.1, 0.15) is 11.3 Å². The molecule has 0 spiro atoms. The maximum Gasteiger partial charge on any atom is 0.324 e. The highest BCUT2D eigenvalue weighted by molar-refractivity contribution is 5.92. The molecule has 2 fully saturated rings. The zero-order chi connectivity index (χ0) is 19.7. The van der Waals surface area contributed by atoms with Crippen LogP contribution in [0.4, 0.5) is 10.7 Å². The maximum absolute atomic E-state index is 12.6. The molecule has 2 amide bonds. The zero-order valence-corrected chi connectivity index (χ0v) is 16.5. The van der Waals surface area contributed by atoms with Crippen LogP contribution < -0.4 is 10.1 Å². The third-order valence-corrected chi connectivity index (χ3v) is 5.87. The lowest BCUT2D eigenvalue weighted by Gasteiger charge is -2.35. The summed E-state index contributed by atoms with van der Waals surface area (Å²) in [6.45, 7) is 4.37. The van der Waals surface area contributed by atoms with Gasteiger partial charge in [-0.2, -0.15) is 0 Å². The standard InChI is InChI=1S/C20H28N4O4/c1-20(26)7-9-24(10-8-20)19(25)23-18-21-16-14(13-5-11-28-12-6-13)3-4-15(27-2)17(16)22-18/h3-4,13,26H,5-12H2,1-2H3,(H2,21,22,23,25). The van der Waals surface area contributed by atoms with E-state index in [2.05, 4.69) is 21.4 Å². The summed E-state index contributed by atoms with van der Waals surface area (Å²) in [6, 6.07) is 3.81. The quantitative estimate of drug-likeness (QED) is 0.751. The Morgan fingerprint density at radius 3 is 2.75 bits per heavy atom. The lowest BCUT2D eigenvalue weighted by atomic mass is 9.90. The summed E-state index contributed by atoms with van der Waals surface area (Å²) >= 11 is 0. The van der Waals surface area contributed by atoms with E-state index in [0.717, 1.165) is 42.7 Å². The molecule has 1 aromatic carbocycles. The van der Waals surface area contributed by atoms with Crippen LogP contribution in [0.15, 0.2) is 12.1 Å². The molecule has 0 radical (unpaired) electrons. The summed E-state index contributed by atoms with van der Waals surface area (Å²) in [5.41, 5.74) is 2.10. The van der Waals surface area contributed by atoms with Gasteiger partial charge in [-0.05, 0) is 50.2 Å². The van der Waals surface area contributed by atoms with Gasteiger partial charge in [-0.1, -0.05) is 6.07 Å². The minimum absolute atomic E-state index is 0.207. The van der Waals surface area contributed by atoms with Crippen LogP contribution in [0.1, 0.15) is 44.1 Å². The minimum atomic E-state index is -0.692. The molecule has 0 atom stereocenters. The summed E-state index contributed by atoms with van der Waals surface area (Å²) in [7, 11) is 1.63. The Bertz CT molecular complexity index is 847. The van der Waals surface area contributed by atoms with E-state index in [4.69, 9.17) is 9.47 Å². The number of nitrogens with one attached hydrogen (secondary N) is 2. The summed E-state index contributed by atoms with van der Waals surface area (Å²) in [5, 5.41) is 12.9. The smallest absolute Gasteiger partial charge is 0.324 e. The molecular formula is C20H28N4O4. The molecule has 28 heavy (non-hydrogen) atoms. The van der Waals surface area contributed by atoms with Crippen molar-refractivity contribution in [2.24, 2.45) is 0 Å². The van der Waals surface area contributed by atoms with Crippen molar-refractivity contribution in [3.05, 3.63) is 17.7 Å². The lowest BCUT2D eigenvalue weighted by Crippen LogP contribution is -2.46. The average molecular weight is 388 g/mol. The van der Waals surface area contributed by atoms with E-state index >= 15 is 0 Å². The Kier molecular flexibility index (Phi) is 5.16. The van der Waals surface area contributed by atoms with Gasteiger partial charge in [0.15, 0.2) is 0 Å². The molecular weight excluding hydrogens is 360 g/mol. The Balaban J connectivity index is 1.57. The minimum Gasteiger partial charge on any atom is -0.494 e. The molecule has 8 nitrogen and oxygen atoms in total. The van der Waals surface area contributed by atoms with Gasteiger partial charge >= 0.3 is 6.03 Å². The van der Waals surface area contributed by atoms with E-state index in [1.807, 2.05) is 13.0 Å². The predicted octanol–water partition coefficient (Wildman–Crippen LogP) is 2.84. The van der Waals surface area contributed by atoms with Crippen molar-refractivity contribution in [2.75, 3.05) is 38.7 Å². The largest absolute Gasteiger partial charge is 0.494 e. The van der Waals surface area contributed by atoms with E-state index in [-0.39, 0.29) is 6.03 Å². The number of carbonyl (C=O) groups is 1. The molecule has 0 aliphatic carbocycles. The van der Waals surface area contributed by atoms with Gasteiger partial charge < -0.3 is 24.5 Å². The number of likely N-dealkylation sites (tertiary alicyclic amines) is 1. The number of aromatic nitrogens is 2. The highest BCUT2D eigenvalue weighted by Crippen LogP contribution is 2.36. The molecule has 152 valence electrons. The van der Waals surface area contributed by atoms with E-state index in [9.17, 15) is 9.90 Å². The van der Waals surface area contributed by atoms with Crippen molar-refractivity contribution in [1.82, 2.24) is 14.9 Å².